The molecule has 0 saturated heterocycles. The molecule has 4 N–H and O–H groups in total. The van der Waals surface area contributed by atoms with Gasteiger partial charge in [0.15, 0.2) is 5.82 Å². The second kappa shape index (κ2) is 9.75. The molecular weight excluding hydrogens is 462 g/mol. The minimum absolute atomic E-state index is 0.118. The summed E-state index contributed by atoms with van der Waals surface area (Å²) in [6, 6.07) is 10.7. The van der Waals surface area contributed by atoms with Gasteiger partial charge in [-0.15, -0.1) is 0 Å². The molecule has 0 aliphatic rings. The second-order valence-corrected chi connectivity index (χ2v) is 8.97. The first-order chi connectivity index (χ1) is 16.0. The molecule has 0 aliphatic heterocycles. The number of nitrogen functional groups attached to an aromatic ring is 1. The number of anilines is 2. The Balaban J connectivity index is 0.000000191. The summed E-state index contributed by atoms with van der Waals surface area (Å²) in [7, 11) is -3.64. The average Bonchev–Trinajstić information content (AvgIpc) is 3.18. The number of aromatic nitrogens is 3. The SMILES string of the molecule is CCn1cc(C(=O)O)c(=O)c2ccc(C)nc21.Cc1cc(NS(=O)(=O)c2ccc(N)cc2)no1. The number of carbonyl (C=O) groups is 1. The lowest BCUT2D eigenvalue weighted by Crippen LogP contribution is -2.19. The molecule has 0 atom stereocenters. The third-order valence-electron chi connectivity index (χ3n) is 4.69. The van der Waals surface area contributed by atoms with E-state index < -0.39 is 21.4 Å². The van der Waals surface area contributed by atoms with Crippen LogP contribution in [0, 0.1) is 13.8 Å². The maximum Gasteiger partial charge on any atom is 0.341 e. The van der Waals surface area contributed by atoms with Crippen molar-refractivity contribution >= 4 is 38.5 Å². The molecule has 0 saturated carbocycles. The molecule has 0 radical (unpaired) electrons. The van der Waals surface area contributed by atoms with Gasteiger partial charge in [-0.05, 0) is 57.2 Å². The van der Waals surface area contributed by atoms with E-state index in [1.807, 2.05) is 13.8 Å². The summed E-state index contributed by atoms with van der Waals surface area (Å²) in [4.78, 5) is 27.3. The van der Waals surface area contributed by atoms with Crippen molar-refractivity contribution in [1.82, 2.24) is 14.7 Å². The van der Waals surface area contributed by atoms with Crippen molar-refractivity contribution in [3.05, 3.63) is 75.9 Å². The Morgan fingerprint density at radius 1 is 1.18 bits per heavy atom. The van der Waals surface area contributed by atoms with Crippen LogP contribution in [0.1, 0.15) is 28.7 Å². The fourth-order valence-corrected chi connectivity index (χ4v) is 4.00. The number of aryl methyl sites for hydroxylation is 3. The number of nitrogens with zero attached hydrogens (tertiary/aromatic N) is 3. The predicted octanol–water partition coefficient (Wildman–Crippen LogP) is 2.79. The third kappa shape index (κ3) is 5.41. The molecule has 3 aromatic heterocycles. The van der Waals surface area contributed by atoms with Gasteiger partial charge in [0, 0.05) is 30.2 Å². The molecule has 0 spiro atoms. The normalized spacial score (nSPS) is 11.0. The van der Waals surface area contributed by atoms with E-state index in [0.717, 1.165) is 5.69 Å². The van der Waals surface area contributed by atoms with Gasteiger partial charge in [-0.2, -0.15) is 0 Å². The number of hydrogen-bond donors (Lipinski definition) is 3. The van der Waals surface area contributed by atoms with Gasteiger partial charge in [0.05, 0.1) is 10.3 Å². The van der Waals surface area contributed by atoms with Crippen LogP contribution < -0.4 is 15.9 Å². The van der Waals surface area contributed by atoms with Gasteiger partial charge in [0.2, 0.25) is 5.43 Å². The molecule has 4 aromatic rings. The van der Waals surface area contributed by atoms with E-state index in [1.165, 1.54) is 36.5 Å². The smallest absolute Gasteiger partial charge is 0.341 e. The fourth-order valence-electron chi connectivity index (χ4n) is 3.01. The number of hydrogen-bond acceptors (Lipinski definition) is 8. The van der Waals surface area contributed by atoms with Crippen LogP contribution in [-0.2, 0) is 16.6 Å². The molecule has 0 aliphatic carbocycles. The van der Waals surface area contributed by atoms with Crippen molar-refractivity contribution in [3.63, 3.8) is 0 Å². The van der Waals surface area contributed by atoms with E-state index in [0.29, 0.717) is 29.0 Å². The van der Waals surface area contributed by atoms with Gasteiger partial charge in [-0.3, -0.25) is 9.52 Å². The second-order valence-electron chi connectivity index (χ2n) is 7.28. The molecule has 4 rings (SSSR count). The summed E-state index contributed by atoms with van der Waals surface area (Å²) in [5.74, 6) is -0.529. The minimum Gasteiger partial charge on any atom is -0.477 e. The number of aromatic carboxylic acids is 1. The lowest BCUT2D eigenvalue weighted by atomic mass is 10.2. The lowest BCUT2D eigenvalue weighted by molar-refractivity contribution is 0.0695. The van der Waals surface area contributed by atoms with Gasteiger partial charge in [0.25, 0.3) is 10.0 Å². The number of nitrogens with two attached hydrogens (primary N) is 1. The van der Waals surface area contributed by atoms with E-state index in [2.05, 4.69) is 14.9 Å². The van der Waals surface area contributed by atoms with E-state index in [-0.39, 0.29) is 16.3 Å². The first-order valence-corrected chi connectivity index (χ1v) is 11.6. The van der Waals surface area contributed by atoms with Gasteiger partial charge in [-0.25, -0.2) is 18.2 Å². The van der Waals surface area contributed by atoms with Crippen molar-refractivity contribution in [1.29, 1.82) is 0 Å². The molecule has 3 heterocycles. The molecular formula is C22H23N5O6S. The molecule has 0 amide bonds. The molecule has 11 nitrogen and oxygen atoms in total. The van der Waals surface area contributed by atoms with Crippen molar-refractivity contribution in [2.45, 2.75) is 32.2 Å². The zero-order valence-corrected chi connectivity index (χ0v) is 19.5. The Morgan fingerprint density at radius 2 is 1.85 bits per heavy atom. The summed E-state index contributed by atoms with van der Waals surface area (Å²) < 4.78 is 32.5. The van der Waals surface area contributed by atoms with Gasteiger partial charge >= 0.3 is 5.97 Å². The van der Waals surface area contributed by atoms with Crippen molar-refractivity contribution < 1.29 is 22.8 Å². The van der Waals surface area contributed by atoms with Crippen LogP contribution in [0.4, 0.5) is 11.5 Å². The number of fused-ring (bicyclic) bond motifs is 1. The highest BCUT2D eigenvalue weighted by Crippen LogP contribution is 2.17. The van der Waals surface area contributed by atoms with Crippen LogP contribution in [0.15, 0.2) is 62.9 Å². The molecule has 0 fully saturated rings. The molecule has 0 unspecified atom stereocenters. The van der Waals surface area contributed by atoms with Crippen LogP contribution in [-0.4, -0.2) is 34.2 Å². The van der Waals surface area contributed by atoms with Crippen LogP contribution >= 0.6 is 0 Å². The van der Waals surface area contributed by atoms with Crippen LogP contribution in [0.2, 0.25) is 0 Å². The standard InChI is InChI=1S/C12H12N2O3.C10H11N3O3S/c1-3-14-6-9(12(16)17)10(15)8-5-4-7(2)13-11(8)14;1-7-6-10(12-16-7)13-17(14,15)9-4-2-8(11)3-5-9/h4-6H,3H2,1-2H3,(H,16,17);2-6H,11H2,1H3,(H,12,13). The van der Waals surface area contributed by atoms with Gasteiger partial charge in [0.1, 0.15) is 17.0 Å². The summed E-state index contributed by atoms with van der Waals surface area (Å²) in [5, 5.41) is 12.9. The summed E-state index contributed by atoms with van der Waals surface area (Å²) >= 11 is 0. The highest BCUT2D eigenvalue weighted by Gasteiger charge is 2.16. The Bertz CT molecular complexity index is 1510. The van der Waals surface area contributed by atoms with Crippen LogP contribution in [0.25, 0.3) is 11.0 Å². The van der Waals surface area contributed by atoms with Gasteiger partial charge < -0.3 is 19.9 Å². The van der Waals surface area contributed by atoms with Crippen molar-refractivity contribution in [2.75, 3.05) is 10.5 Å². The fraction of sp³-hybridized carbons (Fsp3) is 0.182. The minimum atomic E-state index is -3.64. The van der Waals surface area contributed by atoms with E-state index in [4.69, 9.17) is 15.4 Å². The topological polar surface area (TPSA) is 170 Å². The average molecular weight is 486 g/mol. The maximum absolute atomic E-state index is 11.9. The Hall–Kier alpha value is -4.19. The number of pyridine rings is 2. The molecule has 34 heavy (non-hydrogen) atoms. The zero-order chi connectivity index (χ0) is 25.0. The molecule has 1 aromatic carbocycles. The highest BCUT2D eigenvalue weighted by atomic mass is 32.2. The largest absolute Gasteiger partial charge is 0.477 e. The number of sulfonamides is 1. The molecule has 178 valence electrons. The number of carboxylic acid groups (broad SMARTS) is 1. The highest BCUT2D eigenvalue weighted by molar-refractivity contribution is 7.92. The van der Waals surface area contributed by atoms with Crippen LogP contribution in [0.3, 0.4) is 0 Å². The predicted molar refractivity (Wildman–Crippen MR) is 126 cm³/mol. The number of benzene rings is 1. The maximum atomic E-state index is 11.9. The van der Waals surface area contributed by atoms with Gasteiger partial charge in [-0.1, -0.05) is 5.16 Å². The summed E-state index contributed by atoms with van der Waals surface area (Å²) in [6.45, 7) is 5.94. The quantitative estimate of drug-likeness (QED) is 0.360. The summed E-state index contributed by atoms with van der Waals surface area (Å²) in [6.07, 6.45) is 1.35. The van der Waals surface area contributed by atoms with E-state index in [9.17, 15) is 18.0 Å². The lowest BCUT2D eigenvalue weighted by Gasteiger charge is -2.09. The Labute approximate surface area is 194 Å². The summed E-state index contributed by atoms with van der Waals surface area (Å²) in [5.41, 5.74) is 6.61. The van der Waals surface area contributed by atoms with E-state index >= 15 is 0 Å². The Kier molecular flexibility index (Phi) is 7.01. The van der Waals surface area contributed by atoms with Crippen molar-refractivity contribution in [3.8, 4) is 0 Å². The Morgan fingerprint density at radius 3 is 2.41 bits per heavy atom. The first-order valence-electron chi connectivity index (χ1n) is 10.1. The zero-order valence-electron chi connectivity index (χ0n) is 18.6. The number of rotatable bonds is 5. The van der Waals surface area contributed by atoms with E-state index in [1.54, 1.807) is 23.6 Å². The molecule has 12 heteroatoms. The number of carboxylic acids is 1. The number of nitrogens with one attached hydrogen (secondary N) is 1. The monoisotopic (exact) mass is 485 g/mol. The van der Waals surface area contributed by atoms with Crippen LogP contribution in [0.5, 0.6) is 0 Å². The van der Waals surface area contributed by atoms with Crippen molar-refractivity contribution in [2.24, 2.45) is 0 Å². The third-order valence-corrected chi connectivity index (χ3v) is 6.06. The first kappa shape index (κ1) is 24.5. The molecule has 0 bridgehead atoms.